The van der Waals surface area contributed by atoms with E-state index in [0.29, 0.717) is 31.4 Å². The monoisotopic (exact) mass is 1550 g/mol. The van der Waals surface area contributed by atoms with Gasteiger partial charge in [-0.2, -0.15) is 85.0 Å². The number of carbonyl (C=O) groups is 3. The van der Waals surface area contributed by atoms with Crippen molar-refractivity contribution < 1.29 is 72.0 Å². The van der Waals surface area contributed by atoms with Crippen LogP contribution in [0.1, 0.15) is 182 Å². The number of esters is 3. The first-order valence-corrected chi connectivity index (χ1v) is 36.6. The SMILES string of the molecule is CC(C)(C)OC(=O)c1ccc(CC2(c3cccc([S-])c3[S-])C=CC=C2)cc1.CC(C)(C)OC(=O)c1ccc(CC2(c3cccc([S-])c3[S-])C=CC=C2)cc1.CC(C)(C)OC(=O)c1ccc(CC2(c3cccc([S-])c3[S-])C=CC=C2)cc1.Cc1c(C)c(C)[c-](C)c1C.Cc1c(C)c(C)[c-](C)c1C.[Ti+4].[Ti+4]. The average Bonchev–Trinajstić information content (AvgIpc) is 1.75. The summed E-state index contributed by atoms with van der Waals surface area (Å²) in [4.78, 5) is 40.9. The molecule has 0 amide bonds. The minimum absolute atomic E-state index is 0. The number of ether oxygens (including phenoxy) is 3. The Morgan fingerprint density at radius 2 is 0.524 bits per heavy atom. The third-order valence-corrected chi connectivity index (χ3v) is 21.7. The first kappa shape index (κ1) is 87.3. The van der Waals surface area contributed by atoms with Crippen LogP contribution in [0.2, 0.25) is 0 Å². The summed E-state index contributed by atoms with van der Waals surface area (Å²) in [6.45, 7) is 38.8. The van der Waals surface area contributed by atoms with Crippen molar-refractivity contribution in [2.45, 2.75) is 213 Å². The molecule has 0 N–H and O–H groups in total. The summed E-state index contributed by atoms with van der Waals surface area (Å²) in [6.07, 6.45) is 27.5. The second-order valence-electron chi connectivity index (χ2n) is 29.6. The largest absolute Gasteiger partial charge is 4.00 e. The van der Waals surface area contributed by atoms with Gasteiger partial charge in [-0.25, -0.2) is 14.4 Å². The predicted molar refractivity (Wildman–Crippen MR) is 430 cm³/mol. The minimum atomic E-state index is -0.506. The molecule has 0 saturated carbocycles. The Hall–Kier alpha value is -6.38. The van der Waals surface area contributed by atoms with E-state index in [9.17, 15) is 14.4 Å². The van der Waals surface area contributed by atoms with Crippen LogP contribution in [0.5, 0.6) is 0 Å². The molecule has 8 aromatic carbocycles. The van der Waals surface area contributed by atoms with E-state index in [4.69, 9.17) is 90.0 Å². The van der Waals surface area contributed by atoms with Crippen LogP contribution in [0, 0.1) is 69.2 Å². The van der Waals surface area contributed by atoms with E-state index in [-0.39, 0.29) is 77.6 Å². The molecule has 103 heavy (non-hydrogen) atoms. The maximum atomic E-state index is 12.2. The number of allylic oxidation sites excluding steroid dienone is 12. The Labute approximate surface area is 678 Å². The van der Waals surface area contributed by atoms with E-state index in [1.165, 1.54) is 55.6 Å². The van der Waals surface area contributed by atoms with Crippen LogP contribution in [-0.4, -0.2) is 34.7 Å². The van der Waals surface area contributed by atoms with E-state index in [2.05, 4.69) is 106 Å². The summed E-state index contributed by atoms with van der Waals surface area (Å²) < 4.78 is 16.3. The van der Waals surface area contributed by atoms with Crippen molar-refractivity contribution >= 4 is 93.7 Å². The molecule has 0 aliphatic heterocycles. The molecule has 8 aromatic rings. The Balaban J connectivity index is 0.000000242. The maximum Gasteiger partial charge on any atom is 4.00 e. The predicted octanol–water partition coefficient (Wildman–Crippen LogP) is 21.1. The van der Waals surface area contributed by atoms with Crippen LogP contribution < -0.4 is 0 Å². The van der Waals surface area contributed by atoms with Crippen LogP contribution in [0.4, 0.5) is 0 Å². The molecule has 0 aromatic heterocycles. The molecule has 532 valence electrons. The second kappa shape index (κ2) is 36.8. The van der Waals surface area contributed by atoms with Gasteiger partial charge in [0.1, 0.15) is 16.8 Å². The summed E-state index contributed by atoms with van der Waals surface area (Å²) in [5, 5.41) is 0. The number of rotatable bonds is 12. The zero-order chi connectivity index (χ0) is 74.7. The van der Waals surface area contributed by atoms with E-state index in [0.717, 1.165) is 67.3 Å². The molecule has 0 heterocycles. The van der Waals surface area contributed by atoms with Crippen molar-refractivity contribution in [3.63, 3.8) is 0 Å². The third-order valence-electron chi connectivity index (χ3n) is 19.0. The molecule has 0 unspecified atom stereocenters. The Morgan fingerprint density at radius 1 is 0.330 bits per heavy atom. The van der Waals surface area contributed by atoms with Gasteiger partial charge >= 0.3 is 61.3 Å². The molecule has 0 bridgehead atoms. The van der Waals surface area contributed by atoms with Crippen LogP contribution in [0.15, 0.2) is 230 Å². The van der Waals surface area contributed by atoms with Crippen molar-refractivity contribution in [3.05, 3.63) is 306 Å². The van der Waals surface area contributed by atoms with Crippen molar-refractivity contribution in [2.75, 3.05) is 0 Å². The normalized spacial score (nSPS) is 13.9. The van der Waals surface area contributed by atoms with Gasteiger partial charge in [-0.3, -0.25) is 0 Å². The van der Waals surface area contributed by atoms with E-state index >= 15 is 0 Å². The van der Waals surface area contributed by atoms with Crippen molar-refractivity contribution in [1.82, 2.24) is 0 Å². The zero-order valence-corrected chi connectivity index (χ0v) is 71.1. The third kappa shape index (κ3) is 22.6. The van der Waals surface area contributed by atoms with E-state index in [1.807, 2.05) is 226 Å². The van der Waals surface area contributed by atoms with Gasteiger partial charge in [-0.1, -0.05) is 250 Å². The fourth-order valence-electron chi connectivity index (χ4n) is 12.5. The molecular weight excluding hydrogens is 1450 g/mol. The molecular formula is C89H96O6S6Ti2. The Kier molecular flexibility index (Phi) is 31.1. The van der Waals surface area contributed by atoms with Crippen molar-refractivity contribution in [1.29, 1.82) is 0 Å². The molecule has 11 rings (SSSR count). The van der Waals surface area contributed by atoms with Gasteiger partial charge in [0.05, 0.1) is 16.7 Å². The number of hydrogen-bond donors (Lipinski definition) is 0. The fourth-order valence-corrected chi connectivity index (χ4v) is 14.0. The summed E-state index contributed by atoms with van der Waals surface area (Å²) in [5.74, 6) is -0.928. The van der Waals surface area contributed by atoms with Crippen LogP contribution in [-0.2, 0) is 169 Å². The summed E-state index contributed by atoms with van der Waals surface area (Å²) in [5.41, 5.74) is 20.4. The summed E-state index contributed by atoms with van der Waals surface area (Å²) >= 11 is 32.9. The standard InChI is InChI=1S/3C23H24O2S2.2C10H15.2Ti/c3*1-22(2,3)25-21(24)17-11-9-16(10-12-17)15-23(13-4-5-14-23)18-7-6-8-19(26)20(18)27;2*1-6-7(2)9(4)10(5)8(6)3;;/h3*4-14,26-27H,15H2,1-3H3;2*1-5H3;;/q;;;2*-1;2*+4/p-6. The van der Waals surface area contributed by atoms with Crippen LogP contribution in [0.3, 0.4) is 0 Å². The first-order chi connectivity index (χ1) is 47.2. The summed E-state index contributed by atoms with van der Waals surface area (Å²) in [6, 6.07) is 40.4. The number of carbonyl (C=O) groups excluding carboxylic acids is 3. The molecule has 0 saturated heterocycles. The zero-order valence-electron chi connectivity index (χ0n) is 63.1. The Bertz CT molecular complexity index is 3860. The van der Waals surface area contributed by atoms with Gasteiger partial charge in [-0.05, 0) is 135 Å². The minimum Gasteiger partial charge on any atom is -0.781 e. The number of hydrogen-bond acceptors (Lipinski definition) is 12. The molecule has 14 heteroatoms. The molecule has 6 nitrogen and oxygen atoms in total. The van der Waals surface area contributed by atoms with Gasteiger partial charge < -0.3 is 90.0 Å². The molecule has 0 spiro atoms. The smallest absolute Gasteiger partial charge is 0.781 e. The van der Waals surface area contributed by atoms with Crippen molar-refractivity contribution in [2.24, 2.45) is 0 Å². The maximum absolute atomic E-state index is 12.2. The van der Waals surface area contributed by atoms with Crippen LogP contribution in [0.25, 0.3) is 0 Å². The van der Waals surface area contributed by atoms with Gasteiger partial charge in [-0.15, -0.1) is 0 Å². The van der Waals surface area contributed by atoms with Crippen LogP contribution >= 0.6 is 0 Å². The molecule has 0 radical (unpaired) electrons. The van der Waals surface area contributed by atoms with Gasteiger partial charge in [0.25, 0.3) is 0 Å². The number of benzene rings is 6. The van der Waals surface area contributed by atoms with Gasteiger partial charge in [0.15, 0.2) is 0 Å². The van der Waals surface area contributed by atoms with E-state index < -0.39 is 16.8 Å². The topological polar surface area (TPSA) is 78.9 Å². The second-order valence-corrected chi connectivity index (χ2v) is 32.1. The fraction of sp³-hybridized carbons (Fsp3) is 0.315. The van der Waals surface area contributed by atoms with E-state index in [1.54, 1.807) is 0 Å². The molecule has 0 atom stereocenters. The Morgan fingerprint density at radius 3 is 0.689 bits per heavy atom. The van der Waals surface area contributed by atoms with Crippen molar-refractivity contribution in [3.8, 4) is 0 Å². The summed E-state index contributed by atoms with van der Waals surface area (Å²) in [7, 11) is 0. The average molecular weight is 1550 g/mol. The quantitative estimate of drug-likeness (QED) is 0.0384. The van der Waals surface area contributed by atoms with Gasteiger partial charge in [0, 0.05) is 16.2 Å². The van der Waals surface area contributed by atoms with Gasteiger partial charge in [0.2, 0.25) is 0 Å². The molecule has 3 aliphatic carbocycles. The molecule has 3 aliphatic rings. The molecule has 0 fully saturated rings. The first-order valence-electron chi connectivity index (χ1n) is 34.1.